The lowest BCUT2D eigenvalue weighted by molar-refractivity contribution is -0.890. The normalized spacial score (nSPS) is 12.0. The predicted molar refractivity (Wildman–Crippen MR) is 114 cm³/mol. The van der Waals surface area contributed by atoms with Crippen molar-refractivity contribution in [2.24, 2.45) is 0 Å². The highest BCUT2D eigenvalue weighted by molar-refractivity contribution is 6.17. The standard InChI is InChI=1S/C22H47ClNO/c1-4-5-6-7-8-9-10-11-12-13-14-15-16-17-19-24(2,3)20-22-25-21-18-23/h4-22H2,1-3H3/q+1. The highest BCUT2D eigenvalue weighted by Gasteiger charge is 2.13. The second-order valence-electron chi connectivity index (χ2n) is 8.28. The van der Waals surface area contributed by atoms with Gasteiger partial charge < -0.3 is 9.22 Å². The maximum Gasteiger partial charge on any atom is 0.102 e. The summed E-state index contributed by atoms with van der Waals surface area (Å²) in [5.74, 6) is 0.604. The average Bonchev–Trinajstić information content (AvgIpc) is 2.59. The summed E-state index contributed by atoms with van der Waals surface area (Å²) in [4.78, 5) is 0. The van der Waals surface area contributed by atoms with Gasteiger partial charge in [-0.2, -0.15) is 0 Å². The zero-order valence-corrected chi connectivity index (χ0v) is 18.4. The number of quaternary nitrogens is 1. The molecule has 0 fully saturated rings. The number of alkyl halides is 1. The van der Waals surface area contributed by atoms with Crippen molar-refractivity contribution in [1.29, 1.82) is 0 Å². The predicted octanol–water partition coefficient (Wildman–Crippen LogP) is 6.80. The molecule has 2 nitrogen and oxygen atoms in total. The third-order valence-electron chi connectivity index (χ3n) is 5.18. The molecule has 0 N–H and O–H groups in total. The molecular weight excluding hydrogens is 330 g/mol. The zero-order chi connectivity index (χ0) is 18.6. The highest BCUT2D eigenvalue weighted by atomic mass is 35.5. The van der Waals surface area contributed by atoms with Crippen molar-refractivity contribution in [3.63, 3.8) is 0 Å². The Morgan fingerprint density at radius 2 is 1.04 bits per heavy atom. The number of ether oxygens (including phenoxy) is 1. The molecule has 0 rings (SSSR count). The van der Waals surface area contributed by atoms with Gasteiger partial charge in [-0.1, -0.05) is 84.0 Å². The number of nitrogens with zero attached hydrogens (tertiary/aromatic N) is 1. The number of hydrogen-bond acceptors (Lipinski definition) is 1. The van der Waals surface area contributed by atoms with Crippen molar-refractivity contribution in [2.75, 3.05) is 46.3 Å². The summed E-state index contributed by atoms with van der Waals surface area (Å²) in [6.07, 6.45) is 20.0. The van der Waals surface area contributed by atoms with Crippen LogP contribution in [0.2, 0.25) is 0 Å². The molecule has 25 heavy (non-hydrogen) atoms. The van der Waals surface area contributed by atoms with Crippen LogP contribution in [-0.2, 0) is 4.74 Å². The molecule has 0 saturated heterocycles. The Morgan fingerprint density at radius 3 is 1.48 bits per heavy atom. The minimum atomic E-state index is 0.604. The van der Waals surface area contributed by atoms with Gasteiger partial charge in [0.05, 0.1) is 33.9 Å². The van der Waals surface area contributed by atoms with Gasteiger partial charge in [0.15, 0.2) is 0 Å². The zero-order valence-electron chi connectivity index (χ0n) is 17.7. The van der Waals surface area contributed by atoms with Gasteiger partial charge in [0.2, 0.25) is 0 Å². The number of unbranched alkanes of at least 4 members (excludes halogenated alkanes) is 13. The largest absolute Gasteiger partial charge is 0.374 e. The first kappa shape index (κ1) is 25.2. The monoisotopic (exact) mass is 376 g/mol. The third kappa shape index (κ3) is 20.4. The summed E-state index contributed by atoms with van der Waals surface area (Å²) in [6.45, 7) is 6.16. The Hall–Kier alpha value is 0.210. The van der Waals surface area contributed by atoms with E-state index in [0.717, 1.165) is 17.6 Å². The van der Waals surface area contributed by atoms with E-state index in [4.69, 9.17) is 16.3 Å². The fourth-order valence-electron chi connectivity index (χ4n) is 3.31. The molecule has 0 amide bonds. The van der Waals surface area contributed by atoms with Crippen molar-refractivity contribution >= 4 is 11.6 Å². The molecule has 3 heteroatoms. The van der Waals surface area contributed by atoms with Gasteiger partial charge in [-0.3, -0.25) is 0 Å². The van der Waals surface area contributed by atoms with Crippen LogP contribution in [0.3, 0.4) is 0 Å². The van der Waals surface area contributed by atoms with Gasteiger partial charge >= 0.3 is 0 Å². The molecule has 0 aromatic heterocycles. The van der Waals surface area contributed by atoms with Gasteiger partial charge in [0.25, 0.3) is 0 Å². The molecule has 0 heterocycles. The summed E-state index contributed by atoms with van der Waals surface area (Å²) in [5.41, 5.74) is 0. The molecule has 0 atom stereocenters. The molecule has 0 aliphatic heterocycles. The Labute approximate surface area is 164 Å². The fourth-order valence-corrected chi connectivity index (χ4v) is 3.42. The molecule has 0 radical (unpaired) electrons. The van der Waals surface area contributed by atoms with Gasteiger partial charge in [-0.15, -0.1) is 11.6 Å². The van der Waals surface area contributed by atoms with E-state index in [1.807, 2.05) is 0 Å². The number of likely N-dealkylation sites (N-methyl/N-ethyl adjacent to an activating group) is 1. The minimum Gasteiger partial charge on any atom is -0.374 e. The van der Waals surface area contributed by atoms with Crippen LogP contribution in [0.4, 0.5) is 0 Å². The molecular formula is C22H47ClNO+. The summed E-state index contributed by atoms with van der Waals surface area (Å²) >= 11 is 5.62. The molecule has 0 unspecified atom stereocenters. The van der Waals surface area contributed by atoms with Crippen LogP contribution in [0.1, 0.15) is 96.8 Å². The molecule has 0 spiro atoms. The van der Waals surface area contributed by atoms with Crippen LogP contribution in [-0.4, -0.2) is 50.8 Å². The van der Waals surface area contributed by atoms with E-state index in [0.29, 0.717) is 12.5 Å². The van der Waals surface area contributed by atoms with Crippen LogP contribution >= 0.6 is 11.6 Å². The molecule has 0 bridgehead atoms. The third-order valence-corrected chi connectivity index (χ3v) is 5.33. The van der Waals surface area contributed by atoms with E-state index in [-0.39, 0.29) is 0 Å². The maximum atomic E-state index is 5.62. The molecule has 0 aliphatic rings. The first-order valence-corrected chi connectivity index (χ1v) is 11.6. The Kier molecular flexibility index (Phi) is 19.1. The first-order valence-electron chi connectivity index (χ1n) is 11.1. The Morgan fingerprint density at radius 1 is 0.600 bits per heavy atom. The van der Waals surface area contributed by atoms with Crippen LogP contribution in [0, 0.1) is 0 Å². The highest BCUT2D eigenvalue weighted by Crippen LogP contribution is 2.13. The number of hydrogen-bond donors (Lipinski definition) is 0. The second kappa shape index (κ2) is 19.0. The minimum absolute atomic E-state index is 0.604. The lowest BCUT2D eigenvalue weighted by atomic mass is 10.0. The molecule has 0 aromatic rings. The Bertz CT molecular complexity index is 258. The Balaban J connectivity index is 3.22. The van der Waals surface area contributed by atoms with E-state index < -0.39 is 0 Å². The fraction of sp³-hybridized carbons (Fsp3) is 1.00. The maximum absolute atomic E-state index is 5.62. The van der Waals surface area contributed by atoms with Crippen molar-refractivity contribution in [3.8, 4) is 0 Å². The van der Waals surface area contributed by atoms with E-state index >= 15 is 0 Å². The van der Waals surface area contributed by atoms with Crippen LogP contribution in [0.15, 0.2) is 0 Å². The van der Waals surface area contributed by atoms with Crippen molar-refractivity contribution in [1.82, 2.24) is 0 Å². The number of rotatable bonds is 20. The molecule has 0 saturated carbocycles. The van der Waals surface area contributed by atoms with Gasteiger partial charge in [0.1, 0.15) is 6.54 Å². The lowest BCUT2D eigenvalue weighted by Crippen LogP contribution is -2.43. The van der Waals surface area contributed by atoms with Crippen LogP contribution in [0.5, 0.6) is 0 Å². The van der Waals surface area contributed by atoms with Crippen LogP contribution < -0.4 is 0 Å². The summed E-state index contributed by atoms with van der Waals surface area (Å²) in [6, 6.07) is 0. The quantitative estimate of drug-likeness (QED) is 0.129. The van der Waals surface area contributed by atoms with Crippen molar-refractivity contribution < 1.29 is 9.22 Å². The van der Waals surface area contributed by atoms with Gasteiger partial charge in [0, 0.05) is 5.88 Å². The topological polar surface area (TPSA) is 9.23 Å². The van der Waals surface area contributed by atoms with E-state index in [9.17, 15) is 0 Å². The first-order chi connectivity index (χ1) is 12.1. The molecule has 152 valence electrons. The second-order valence-corrected chi connectivity index (χ2v) is 8.66. The number of halogens is 1. The van der Waals surface area contributed by atoms with Crippen LogP contribution in [0.25, 0.3) is 0 Å². The molecule has 0 aliphatic carbocycles. The lowest BCUT2D eigenvalue weighted by Gasteiger charge is -2.29. The van der Waals surface area contributed by atoms with Crippen molar-refractivity contribution in [2.45, 2.75) is 96.8 Å². The van der Waals surface area contributed by atoms with E-state index in [2.05, 4.69) is 21.0 Å². The van der Waals surface area contributed by atoms with Crippen molar-refractivity contribution in [3.05, 3.63) is 0 Å². The molecule has 0 aromatic carbocycles. The van der Waals surface area contributed by atoms with E-state index in [1.165, 1.54) is 96.4 Å². The smallest absolute Gasteiger partial charge is 0.102 e. The summed E-state index contributed by atoms with van der Waals surface area (Å²) in [7, 11) is 4.62. The summed E-state index contributed by atoms with van der Waals surface area (Å²) < 4.78 is 6.57. The SMILES string of the molecule is CCCCCCCCCCCCCCCC[N+](C)(C)CCOCCCl. The van der Waals surface area contributed by atoms with Gasteiger partial charge in [-0.05, 0) is 12.8 Å². The average molecular weight is 377 g/mol. The van der Waals surface area contributed by atoms with E-state index in [1.54, 1.807) is 0 Å². The summed E-state index contributed by atoms with van der Waals surface area (Å²) in [5, 5.41) is 0. The van der Waals surface area contributed by atoms with Gasteiger partial charge in [-0.25, -0.2) is 0 Å².